The zero-order valence-corrected chi connectivity index (χ0v) is 20.0. The summed E-state index contributed by atoms with van der Waals surface area (Å²) >= 11 is 0. The van der Waals surface area contributed by atoms with Crippen molar-refractivity contribution >= 4 is 16.8 Å². The Hall–Kier alpha value is -3.84. The van der Waals surface area contributed by atoms with Crippen LogP contribution in [0.4, 0.5) is 4.39 Å². The van der Waals surface area contributed by atoms with Gasteiger partial charge in [-0.3, -0.25) is 9.69 Å². The highest BCUT2D eigenvalue weighted by Gasteiger charge is 2.27. The first-order chi connectivity index (χ1) is 17.6. The maximum Gasteiger partial charge on any atom is 0.231 e. The second-order valence-corrected chi connectivity index (χ2v) is 9.44. The van der Waals surface area contributed by atoms with Gasteiger partial charge in [-0.05, 0) is 47.0 Å². The summed E-state index contributed by atoms with van der Waals surface area (Å²) in [5.74, 6) is 1.28. The largest absolute Gasteiger partial charge is 0.454 e. The number of nitrogens with zero attached hydrogens (tertiary/aromatic N) is 2. The molecule has 6 nitrogen and oxygen atoms in total. The maximum atomic E-state index is 13.7. The van der Waals surface area contributed by atoms with Crippen molar-refractivity contribution in [3.63, 3.8) is 0 Å². The van der Waals surface area contributed by atoms with Gasteiger partial charge in [0.1, 0.15) is 5.82 Å². The number of amides is 1. The molecule has 3 aromatic carbocycles. The van der Waals surface area contributed by atoms with Gasteiger partial charge < -0.3 is 19.4 Å². The van der Waals surface area contributed by atoms with Gasteiger partial charge in [0.15, 0.2) is 11.5 Å². The average molecular weight is 486 g/mol. The third-order valence-corrected chi connectivity index (χ3v) is 7.22. The number of halogens is 1. The van der Waals surface area contributed by atoms with Crippen LogP contribution in [0, 0.1) is 5.82 Å². The first kappa shape index (κ1) is 22.6. The Balaban J connectivity index is 1.14. The van der Waals surface area contributed by atoms with E-state index >= 15 is 0 Å². The van der Waals surface area contributed by atoms with E-state index in [1.54, 1.807) is 12.1 Å². The van der Waals surface area contributed by atoms with E-state index in [2.05, 4.69) is 22.0 Å². The molecule has 0 aliphatic carbocycles. The van der Waals surface area contributed by atoms with E-state index in [1.165, 1.54) is 17.7 Å². The highest BCUT2D eigenvalue weighted by Crippen LogP contribution is 2.35. The number of aromatic nitrogens is 1. The van der Waals surface area contributed by atoms with E-state index in [1.807, 2.05) is 41.4 Å². The Bertz CT molecular complexity index is 1380. The predicted molar refractivity (Wildman–Crippen MR) is 136 cm³/mol. The Kier molecular flexibility index (Phi) is 6.07. The number of benzene rings is 3. The summed E-state index contributed by atoms with van der Waals surface area (Å²) in [6, 6.07) is 20.7. The minimum atomic E-state index is -0.277. The van der Waals surface area contributed by atoms with Gasteiger partial charge in [0.2, 0.25) is 12.7 Å². The summed E-state index contributed by atoms with van der Waals surface area (Å²) in [6.45, 7) is 4.09. The number of nitrogens with one attached hydrogen (secondary N) is 1. The van der Waals surface area contributed by atoms with Crippen LogP contribution in [-0.2, 0) is 11.3 Å². The molecule has 0 radical (unpaired) electrons. The second-order valence-electron chi connectivity index (χ2n) is 9.44. The van der Waals surface area contributed by atoms with Crippen molar-refractivity contribution in [2.24, 2.45) is 0 Å². The molecule has 0 saturated carbocycles. The van der Waals surface area contributed by atoms with E-state index in [-0.39, 0.29) is 24.4 Å². The lowest BCUT2D eigenvalue weighted by Crippen LogP contribution is -2.48. The summed E-state index contributed by atoms with van der Waals surface area (Å²) in [5, 5.41) is 1.09. The molecule has 1 unspecified atom stereocenters. The Morgan fingerprint density at radius 1 is 0.944 bits per heavy atom. The smallest absolute Gasteiger partial charge is 0.231 e. The molecule has 184 valence electrons. The van der Waals surface area contributed by atoms with Crippen molar-refractivity contribution in [1.82, 2.24) is 14.8 Å². The van der Waals surface area contributed by atoms with Crippen molar-refractivity contribution in [2.75, 3.05) is 33.0 Å². The summed E-state index contributed by atoms with van der Waals surface area (Å²) in [4.78, 5) is 21.1. The molecule has 6 rings (SSSR count). The molecule has 2 aliphatic rings. The van der Waals surface area contributed by atoms with E-state index in [4.69, 9.17) is 9.47 Å². The highest BCUT2D eigenvalue weighted by molar-refractivity contribution is 5.86. The number of piperazine rings is 1. The molecule has 0 bridgehead atoms. The van der Waals surface area contributed by atoms with Crippen LogP contribution in [0.1, 0.15) is 29.0 Å². The molecule has 1 saturated heterocycles. The van der Waals surface area contributed by atoms with Crippen molar-refractivity contribution in [2.45, 2.75) is 18.9 Å². The monoisotopic (exact) mass is 485 g/mol. The summed E-state index contributed by atoms with van der Waals surface area (Å²) in [5.41, 5.74) is 4.21. The lowest BCUT2D eigenvalue weighted by Gasteiger charge is -2.35. The number of carbonyl (C=O) groups excluding carboxylic acids is 1. The van der Waals surface area contributed by atoms with E-state index in [0.717, 1.165) is 53.2 Å². The van der Waals surface area contributed by atoms with Crippen LogP contribution >= 0.6 is 0 Å². The third-order valence-electron chi connectivity index (χ3n) is 7.22. The summed E-state index contributed by atoms with van der Waals surface area (Å²) in [7, 11) is 0. The Morgan fingerprint density at radius 3 is 2.56 bits per heavy atom. The Morgan fingerprint density at radius 2 is 1.72 bits per heavy atom. The van der Waals surface area contributed by atoms with Crippen LogP contribution in [0.15, 0.2) is 72.9 Å². The van der Waals surface area contributed by atoms with Gasteiger partial charge in [-0.2, -0.15) is 0 Å². The minimum Gasteiger partial charge on any atom is -0.454 e. The quantitative estimate of drug-likeness (QED) is 0.422. The predicted octanol–water partition coefficient (Wildman–Crippen LogP) is 4.90. The van der Waals surface area contributed by atoms with Crippen LogP contribution in [-0.4, -0.2) is 53.7 Å². The van der Waals surface area contributed by atoms with Crippen molar-refractivity contribution in [3.05, 3.63) is 95.4 Å². The lowest BCUT2D eigenvalue weighted by molar-refractivity contribution is -0.133. The molecule has 1 amide bonds. The number of rotatable bonds is 6. The highest BCUT2D eigenvalue weighted by atomic mass is 19.1. The van der Waals surface area contributed by atoms with Crippen LogP contribution < -0.4 is 9.47 Å². The van der Waals surface area contributed by atoms with E-state index < -0.39 is 0 Å². The number of fused-ring (bicyclic) bond motifs is 2. The molecular formula is C29H28FN3O3. The van der Waals surface area contributed by atoms with Crippen LogP contribution in [0.2, 0.25) is 0 Å². The van der Waals surface area contributed by atoms with Crippen LogP contribution in [0.3, 0.4) is 0 Å². The summed E-state index contributed by atoms with van der Waals surface area (Å²) in [6.07, 6.45) is 2.32. The van der Waals surface area contributed by atoms with E-state index in [9.17, 15) is 9.18 Å². The zero-order chi connectivity index (χ0) is 24.5. The first-order valence-electron chi connectivity index (χ1n) is 12.3. The number of ether oxygens (including phenoxy) is 2. The molecule has 1 fully saturated rings. The number of carbonyl (C=O) groups is 1. The fraction of sp³-hybridized carbons (Fsp3) is 0.276. The number of para-hydroxylation sites is 1. The molecule has 7 heteroatoms. The van der Waals surface area contributed by atoms with Gasteiger partial charge in [-0.25, -0.2) is 4.39 Å². The van der Waals surface area contributed by atoms with Gasteiger partial charge in [0, 0.05) is 62.2 Å². The van der Waals surface area contributed by atoms with Gasteiger partial charge in [-0.1, -0.05) is 36.4 Å². The topological polar surface area (TPSA) is 57.8 Å². The lowest BCUT2D eigenvalue weighted by atomic mass is 9.87. The number of aromatic amines is 1. The van der Waals surface area contributed by atoms with E-state index in [0.29, 0.717) is 19.5 Å². The molecule has 4 aromatic rings. The molecule has 1 atom stereocenters. The van der Waals surface area contributed by atoms with Crippen LogP contribution in [0.5, 0.6) is 11.5 Å². The van der Waals surface area contributed by atoms with Crippen molar-refractivity contribution in [3.8, 4) is 11.5 Å². The standard InChI is InChI=1S/C29H28FN3O3/c30-22-8-6-21(7-9-22)24(25-17-31-26-4-2-1-3-23(25)26)16-29(34)33-13-11-32(12-14-33)18-20-5-10-27-28(15-20)36-19-35-27/h1-10,15,17,24,31H,11-14,16,18-19H2. The fourth-order valence-corrected chi connectivity index (χ4v) is 5.24. The third kappa shape index (κ3) is 4.54. The van der Waals surface area contributed by atoms with Gasteiger partial charge in [0.25, 0.3) is 0 Å². The van der Waals surface area contributed by atoms with Crippen LogP contribution in [0.25, 0.3) is 10.9 Å². The average Bonchev–Trinajstić information content (AvgIpc) is 3.55. The zero-order valence-electron chi connectivity index (χ0n) is 20.0. The molecule has 3 heterocycles. The van der Waals surface area contributed by atoms with Gasteiger partial charge in [0.05, 0.1) is 0 Å². The first-order valence-corrected chi connectivity index (χ1v) is 12.3. The van der Waals surface area contributed by atoms with Gasteiger partial charge in [-0.15, -0.1) is 0 Å². The Labute approximate surface area is 209 Å². The number of H-pyrrole nitrogens is 1. The SMILES string of the molecule is O=C(CC(c1ccc(F)cc1)c1c[nH]c2ccccc12)N1CCN(Cc2ccc3c(c2)OCO3)CC1. The molecule has 36 heavy (non-hydrogen) atoms. The summed E-state index contributed by atoms with van der Waals surface area (Å²) < 4.78 is 24.6. The van der Waals surface area contributed by atoms with Gasteiger partial charge >= 0.3 is 0 Å². The number of hydrogen-bond acceptors (Lipinski definition) is 4. The maximum absolute atomic E-state index is 13.7. The van der Waals surface area contributed by atoms with Crippen molar-refractivity contribution < 1.29 is 18.7 Å². The molecule has 0 spiro atoms. The minimum absolute atomic E-state index is 0.123. The molecule has 1 N–H and O–H groups in total. The molecular weight excluding hydrogens is 457 g/mol. The second kappa shape index (κ2) is 9.66. The number of hydrogen-bond donors (Lipinski definition) is 1. The van der Waals surface area contributed by atoms with Crippen molar-refractivity contribution in [1.29, 1.82) is 0 Å². The molecule has 1 aromatic heterocycles. The molecule has 2 aliphatic heterocycles. The fourth-order valence-electron chi connectivity index (χ4n) is 5.24. The normalized spacial score (nSPS) is 16.4.